The van der Waals surface area contributed by atoms with Gasteiger partial charge in [-0.15, -0.1) is 0 Å². The molecule has 136 valence electrons. The second kappa shape index (κ2) is 7.83. The van der Waals surface area contributed by atoms with Gasteiger partial charge in [-0.2, -0.15) is 0 Å². The number of hydrogen-bond acceptors (Lipinski definition) is 5. The maximum absolute atomic E-state index is 12.3. The molecular weight excluding hydrogens is 320 g/mol. The van der Waals surface area contributed by atoms with Crippen molar-refractivity contribution in [3.8, 4) is 0 Å². The highest BCUT2D eigenvalue weighted by Gasteiger charge is 2.44. The normalized spacial score (nSPS) is 35.0. The molecule has 0 bridgehead atoms. The van der Waals surface area contributed by atoms with Crippen LogP contribution in [0.5, 0.6) is 0 Å². The quantitative estimate of drug-likeness (QED) is 0.473. The van der Waals surface area contributed by atoms with E-state index in [9.17, 15) is 14.7 Å². The van der Waals surface area contributed by atoms with Crippen molar-refractivity contribution < 1.29 is 24.2 Å². The van der Waals surface area contributed by atoms with Crippen molar-refractivity contribution in [3.05, 3.63) is 47.1 Å². The summed E-state index contributed by atoms with van der Waals surface area (Å²) in [6.07, 6.45) is 4.51. The molecule has 5 nitrogen and oxygen atoms in total. The zero-order valence-electron chi connectivity index (χ0n) is 15.2. The molecule has 2 rings (SSSR count). The molecule has 0 radical (unpaired) electrons. The number of esters is 2. The van der Waals surface area contributed by atoms with Crippen molar-refractivity contribution in [2.24, 2.45) is 5.92 Å². The highest BCUT2D eigenvalue weighted by atomic mass is 16.6. The van der Waals surface area contributed by atoms with Crippen LogP contribution < -0.4 is 0 Å². The van der Waals surface area contributed by atoms with E-state index in [0.29, 0.717) is 24.0 Å². The van der Waals surface area contributed by atoms with Gasteiger partial charge >= 0.3 is 11.9 Å². The van der Waals surface area contributed by atoms with E-state index in [0.717, 1.165) is 11.1 Å². The summed E-state index contributed by atoms with van der Waals surface area (Å²) in [5.74, 6) is -1.37. The first-order valence-corrected chi connectivity index (χ1v) is 8.50. The summed E-state index contributed by atoms with van der Waals surface area (Å²) in [6, 6.07) is 0. The Morgan fingerprint density at radius 2 is 2.12 bits per heavy atom. The molecule has 0 aromatic heterocycles. The predicted octanol–water partition coefficient (Wildman–Crippen LogP) is 3.01. The second-order valence-corrected chi connectivity index (χ2v) is 6.75. The Morgan fingerprint density at radius 1 is 1.44 bits per heavy atom. The van der Waals surface area contributed by atoms with Gasteiger partial charge in [0.1, 0.15) is 12.2 Å². The fourth-order valence-corrected chi connectivity index (χ4v) is 3.04. The maximum Gasteiger partial charge on any atom is 0.334 e. The molecule has 1 aliphatic carbocycles. The average Bonchev–Trinajstić information content (AvgIpc) is 2.84. The number of fused-ring (bicyclic) bond motifs is 1. The van der Waals surface area contributed by atoms with Crippen molar-refractivity contribution in [2.45, 2.75) is 58.8 Å². The van der Waals surface area contributed by atoms with Crippen molar-refractivity contribution in [3.63, 3.8) is 0 Å². The molecule has 1 fully saturated rings. The molecular formula is C20H26O5. The minimum atomic E-state index is -0.632. The number of rotatable bonds is 2. The number of carbonyl (C=O) groups is 2. The molecule has 0 saturated carbocycles. The Morgan fingerprint density at radius 3 is 2.76 bits per heavy atom. The second-order valence-electron chi connectivity index (χ2n) is 6.75. The van der Waals surface area contributed by atoms with Crippen LogP contribution in [0.15, 0.2) is 47.1 Å². The molecule has 1 aliphatic heterocycles. The third-order valence-corrected chi connectivity index (χ3v) is 4.84. The molecule has 5 heteroatoms. The summed E-state index contributed by atoms with van der Waals surface area (Å²) >= 11 is 0. The molecule has 0 aromatic carbocycles. The molecule has 1 N–H and O–H groups in total. The van der Waals surface area contributed by atoms with Crippen LogP contribution in [0, 0.1) is 5.92 Å². The van der Waals surface area contributed by atoms with Crippen LogP contribution in [0.2, 0.25) is 0 Å². The van der Waals surface area contributed by atoms with E-state index in [1.54, 1.807) is 32.9 Å². The van der Waals surface area contributed by atoms with E-state index in [-0.39, 0.29) is 0 Å². The van der Waals surface area contributed by atoms with Crippen molar-refractivity contribution >= 4 is 11.9 Å². The highest BCUT2D eigenvalue weighted by molar-refractivity contribution is 5.92. The van der Waals surface area contributed by atoms with Crippen molar-refractivity contribution in [1.29, 1.82) is 0 Å². The number of aliphatic hydroxyl groups excluding tert-OH is 1. The van der Waals surface area contributed by atoms with Crippen LogP contribution in [0.3, 0.4) is 0 Å². The molecule has 0 amide bonds. The minimum Gasteiger partial charge on any atom is -0.458 e. The first kappa shape index (κ1) is 19.2. The monoisotopic (exact) mass is 346 g/mol. The van der Waals surface area contributed by atoms with Gasteiger partial charge in [0.2, 0.25) is 0 Å². The summed E-state index contributed by atoms with van der Waals surface area (Å²) < 4.78 is 11.1. The lowest BCUT2D eigenvalue weighted by Crippen LogP contribution is -2.34. The smallest absolute Gasteiger partial charge is 0.334 e. The highest BCUT2D eigenvalue weighted by Crippen LogP contribution is 2.36. The summed E-state index contributed by atoms with van der Waals surface area (Å²) in [5.41, 5.74) is 2.51. The molecule has 4 atom stereocenters. The van der Waals surface area contributed by atoms with E-state index in [1.165, 1.54) is 0 Å². The van der Waals surface area contributed by atoms with E-state index < -0.39 is 36.2 Å². The number of hydrogen-bond donors (Lipinski definition) is 1. The summed E-state index contributed by atoms with van der Waals surface area (Å²) in [5, 5.41) is 10.2. The van der Waals surface area contributed by atoms with E-state index in [4.69, 9.17) is 9.47 Å². The fourth-order valence-electron chi connectivity index (χ4n) is 3.04. The fraction of sp³-hybridized carbons (Fsp3) is 0.500. The van der Waals surface area contributed by atoms with Gasteiger partial charge in [-0.3, -0.25) is 0 Å². The zero-order valence-corrected chi connectivity index (χ0v) is 15.2. The maximum atomic E-state index is 12.3. The number of aliphatic hydroxyl groups is 1. The molecule has 2 aliphatic rings. The minimum absolute atomic E-state index is 0.299. The van der Waals surface area contributed by atoms with Crippen LogP contribution in [-0.2, 0) is 19.1 Å². The van der Waals surface area contributed by atoms with Gasteiger partial charge in [0.25, 0.3) is 0 Å². The molecule has 1 heterocycles. The van der Waals surface area contributed by atoms with E-state index in [2.05, 4.69) is 6.58 Å². The van der Waals surface area contributed by atoms with Gasteiger partial charge in [-0.25, -0.2) is 9.59 Å². The first-order valence-electron chi connectivity index (χ1n) is 8.50. The van der Waals surface area contributed by atoms with Crippen LogP contribution in [-0.4, -0.2) is 35.4 Å². The van der Waals surface area contributed by atoms with E-state index >= 15 is 0 Å². The molecule has 25 heavy (non-hydrogen) atoms. The SMILES string of the molecule is C=C1C(=O)O[C@H]2/C=C(/C)[C@H](O)C/C=C(\C)C[C@H](OC(=O)/C(C)=C\C)[C@@H]12. The Bertz CT molecular complexity index is 668. The van der Waals surface area contributed by atoms with Gasteiger partial charge in [-0.1, -0.05) is 24.3 Å². The Balaban J connectivity index is 2.42. The average molecular weight is 346 g/mol. The topological polar surface area (TPSA) is 72.8 Å². The Hall–Kier alpha value is -2.14. The van der Waals surface area contributed by atoms with Gasteiger partial charge < -0.3 is 14.6 Å². The summed E-state index contributed by atoms with van der Waals surface area (Å²) in [7, 11) is 0. The predicted molar refractivity (Wildman–Crippen MR) is 94.6 cm³/mol. The van der Waals surface area contributed by atoms with Crippen LogP contribution >= 0.6 is 0 Å². The van der Waals surface area contributed by atoms with Crippen molar-refractivity contribution in [1.82, 2.24) is 0 Å². The standard InChI is InChI=1S/C20H26O5/c1-6-12(3)19(22)24-16-9-11(2)7-8-15(21)13(4)10-17-18(16)14(5)20(23)25-17/h6-7,10,15-18,21H,5,8-9H2,1-4H3/b11-7+,12-6-,13-10-/t15-,16+,17+,18-/m1/s1. The summed E-state index contributed by atoms with van der Waals surface area (Å²) in [4.78, 5) is 24.3. The van der Waals surface area contributed by atoms with Gasteiger partial charge in [-0.05, 0) is 45.8 Å². The van der Waals surface area contributed by atoms with Gasteiger partial charge in [0.15, 0.2) is 0 Å². The molecule has 0 unspecified atom stereocenters. The third kappa shape index (κ3) is 4.28. The molecule has 0 spiro atoms. The van der Waals surface area contributed by atoms with E-state index in [1.807, 2.05) is 13.0 Å². The van der Waals surface area contributed by atoms with Gasteiger partial charge in [0.05, 0.1) is 12.0 Å². The Kier molecular flexibility index (Phi) is 6.01. The Labute approximate surface area is 148 Å². The first-order chi connectivity index (χ1) is 11.7. The number of carbonyl (C=O) groups excluding carboxylic acids is 2. The lowest BCUT2D eigenvalue weighted by molar-refractivity contribution is -0.147. The summed E-state index contributed by atoms with van der Waals surface area (Å²) in [6.45, 7) is 11.0. The third-order valence-electron chi connectivity index (χ3n) is 4.84. The zero-order chi connectivity index (χ0) is 18.7. The van der Waals surface area contributed by atoms with Crippen molar-refractivity contribution in [2.75, 3.05) is 0 Å². The molecule has 0 aromatic rings. The largest absolute Gasteiger partial charge is 0.458 e. The lowest BCUT2D eigenvalue weighted by Gasteiger charge is -2.28. The molecule has 1 saturated heterocycles. The number of allylic oxidation sites excluding steroid dienone is 1. The van der Waals surface area contributed by atoms with Crippen LogP contribution in [0.25, 0.3) is 0 Å². The van der Waals surface area contributed by atoms with Crippen LogP contribution in [0.1, 0.15) is 40.5 Å². The van der Waals surface area contributed by atoms with Crippen LogP contribution in [0.4, 0.5) is 0 Å². The lowest BCUT2D eigenvalue weighted by atomic mass is 9.85. The van der Waals surface area contributed by atoms with Gasteiger partial charge in [0, 0.05) is 17.6 Å². The number of ether oxygens (including phenoxy) is 2.